The summed E-state index contributed by atoms with van der Waals surface area (Å²) in [7, 11) is -3.91. The van der Waals surface area contributed by atoms with Crippen LogP contribution in [0.25, 0.3) is 0 Å². The van der Waals surface area contributed by atoms with Crippen molar-refractivity contribution in [1.82, 2.24) is 4.72 Å². The van der Waals surface area contributed by atoms with Crippen LogP contribution in [0.2, 0.25) is 0 Å². The maximum Gasteiger partial charge on any atom is 0.241 e. The SMILES string of the molecule is Cc1ccc(S(=O)(=O)NC(CO)c2ccccc2)cc1F. The van der Waals surface area contributed by atoms with E-state index in [1.807, 2.05) is 0 Å². The number of aliphatic hydroxyl groups excluding tert-OH is 1. The molecule has 112 valence electrons. The van der Waals surface area contributed by atoms with Crippen molar-refractivity contribution in [2.75, 3.05) is 6.61 Å². The van der Waals surface area contributed by atoms with Crippen LogP contribution in [0, 0.1) is 12.7 Å². The highest BCUT2D eigenvalue weighted by atomic mass is 32.2. The Bertz CT molecular complexity index is 717. The highest BCUT2D eigenvalue weighted by Crippen LogP contribution is 2.18. The molecule has 0 fully saturated rings. The van der Waals surface area contributed by atoms with Gasteiger partial charge in [0, 0.05) is 0 Å². The van der Waals surface area contributed by atoms with Gasteiger partial charge in [-0.15, -0.1) is 0 Å². The molecule has 0 aliphatic rings. The summed E-state index contributed by atoms with van der Waals surface area (Å²) in [4.78, 5) is -0.167. The lowest BCUT2D eigenvalue weighted by Crippen LogP contribution is -2.31. The molecular formula is C15H16FNO3S. The van der Waals surface area contributed by atoms with Crippen LogP contribution in [0.15, 0.2) is 53.4 Å². The van der Waals surface area contributed by atoms with Crippen LogP contribution in [0.1, 0.15) is 17.2 Å². The zero-order valence-electron chi connectivity index (χ0n) is 11.5. The van der Waals surface area contributed by atoms with Gasteiger partial charge >= 0.3 is 0 Å². The average Bonchev–Trinajstić information content (AvgIpc) is 2.48. The maximum atomic E-state index is 13.5. The summed E-state index contributed by atoms with van der Waals surface area (Å²) >= 11 is 0. The topological polar surface area (TPSA) is 66.4 Å². The van der Waals surface area contributed by atoms with Crippen molar-refractivity contribution in [3.63, 3.8) is 0 Å². The molecule has 4 nitrogen and oxygen atoms in total. The van der Waals surface area contributed by atoms with E-state index in [4.69, 9.17) is 0 Å². The van der Waals surface area contributed by atoms with Crippen LogP contribution >= 0.6 is 0 Å². The van der Waals surface area contributed by atoms with E-state index in [0.717, 1.165) is 6.07 Å². The van der Waals surface area contributed by atoms with Crippen LogP contribution in [-0.4, -0.2) is 20.1 Å². The molecule has 2 N–H and O–H groups in total. The van der Waals surface area contributed by atoms with Crippen molar-refractivity contribution in [1.29, 1.82) is 0 Å². The number of aryl methyl sites for hydroxylation is 1. The van der Waals surface area contributed by atoms with Crippen molar-refractivity contribution < 1.29 is 17.9 Å². The zero-order valence-corrected chi connectivity index (χ0v) is 12.3. The molecule has 6 heteroatoms. The summed E-state index contributed by atoms with van der Waals surface area (Å²) in [5, 5.41) is 9.39. The van der Waals surface area contributed by atoms with Crippen LogP contribution in [0.3, 0.4) is 0 Å². The summed E-state index contributed by atoms with van der Waals surface area (Å²) < 4.78 is 40.4. The van der Waals surface area contributed by atoms with Gasteiger partial charge in [0.2, 0.25) is 10.0 Å². The minimum Gasteiger partial charge on any atom is -0.394 e. The highest BCUT2D eigenvalue weighted by molar-refractivity contribution is 7.89. The summed E-state index contributed by atoms with van der Waals surface area (Å²) in [6.07, 6.45) is 0. The number of nitrogens with one attached hydrogen (secondary N) is 1. The van der Waals surface area contributed by atoms with Gasteiger partial charge in [-0.25, -0.2) is 17.5 Å². The van der Waals surface area contributed by atoms with Gasteiger partial charge in [0.25, 0.3) is 0 Å². The molecule has 0 saturated carbocycles. The standard InChI is InChI=1S/C15H16FNO3S/c1-11-7-8-13(9-14(11)16)21(19,20)17-15(10-18)12-5-3-2-4-6-12/h2-9,15,17-18H,10H2,1H3. The third kappa shape index (κ3) is 3.66. The Labute approximate surface area is 123 Å². The van der Waals surface area contributed by atoms with Crippen molar-refractivity contribution in [3.05, 3.63) is 65.5 Å². The number of rotatable bonds is 5. The first-order valence-corrected chi connectivity index (χ1v) is 7.86. The molecule has 0 saturated heterocycles. The van der Waals surface area contributed by atoms with Gasteiger partial charge in [0.15, 0.2) is 0 Å². The van der Waals surface area contributed by atoms with E-state index < -0.39 is 28.5 Å². The van der Waals surface area contributed by atoms with Crippen molar-refractivity contribution >= 4 is 10.0 Å². The molecule has 0 aliphatic carbocycles. The van der Waals surface area contributed by atoms with Crippen LogP contribution in [-0.2, 0) is 10.0 Å². The Morgan fingerprint density at radius 3 is 2.43 bits per heavy atom. The summed E-state index contributed by atoms with van der Waals surface area (Å²) in [6, 6.07) is 11.6. The second-order valence-corrected chi connectivity index (χ2v) is 6.39. The van der Waals surface area contributed by atoms with Crippen LogP contribution < -0.4 is 4.72 Å². The maximum absolute atomic E-state index is 13.5. The summed E-state index contributed by atoms with van der Waals surface area (Å²) in [5.74, 6) is -0.585. The van der Waals surface area contributed by atoms with Crippen molar-refractivity contribution in [2.24, 2.45) is 0 Å². The normalized spacial score (nSPS) is 13.1. The molecule has 2 rings (SSSR count). The number of aliphatic hydroxyl groups is 1. The van der Waals surface area contributed by atoms with Gasteiger partial charge < -0.3 is 5.11 Å². The number of benzene rings is 2. The lowest BCUT2D eigenvalue weighted by Gasteiger charge is -2.17. The van der Waals surface area contributed by atoms with Crippen LogP contribution in [0.5, 0.6) is 0 Å². The monoisotopic (exact) mass is 309 g/mol. The quantitative estimate of drug-likeness (QED) is 0.889. The Morgan fingerprint density at radius 2 is 1.86 bits per heavy atom. The van der Waals surface area contributed by atoms with Crippen molar-refractivity contribution in [2.45, 2.75) is 17.9 Å². The Morgan fingerprint density at radius 1 is 1.19 bits per heavy atom. The first kappa shape index (κ1) is 15.6. The van der Waals surface area contributed by atoms with E-state index in [2.05, 4.69) is 4.72 Å². The molecule has 0 aromatic heterocycles. The number of sulfonamides is 1. The van der Waals surface area contributed by atoms with E-state index >= 15 is 0 Å². The molecule has 1 atom stereocenters. The fourth-order valence-electron chi connectivity index (χ4n) is 1.89. The van der Waals surface area contributed by atoms with Gasteiger partial charge in [0.05, 0.1) is 17.5 Å². The molecular weight excluding hydrogens is 293 g/mol. The van der Waals surface area contributed by atoms with E-state index in [9.17, 15) is 17.9 Å². The second kappa shape index (κ2) is 6.34. The predicted octanol–water partition coefficient (Wildman–Crippen LogP) is 2.15. The molecule has 0 amide bonds. The first-order chi connectivity index (χ1) is 9.94. The van der Waals surface area contributed by atoms with Gasteiger partial charge in [-0.3, -0.25) is 0 Å². The molecule has 0 heterocycles. The molecule has 1 unspecified atom stereocenters. The van der Waals surface area contributed by atoms with E-state index in [1.54, 1.807) is 37.3 Å². The lowest BCUT2D eigenvalue weighted by molar-refractivity contribution is 0.259. The number of halogens is 1. The predicted molar refractivity (Wildman–Crippen MR) is 77.7 cm³/mol. The molecule has 0 aliphatic heterocycles. The fraction of sp³-hybridized carbons (Fsp3) is 0.200. The molecule has 21 heavy (non-hydrogen) atoms. The van der Waals surface area contributed by atoms with Gasteiger partial charge in [-0.1, -0.05) is 36.4 Å². The molecule has 0 radical (unpaired) electrons. The minimum atomic E-state index is -3.91. The lowest BCUT2D eigenvalue weighted by atomic mass is 10.1. The first-order valence-electron chi connectivity index (χ1n) is 6.38. The van der Waals surface area contributed by atoms with E-state index in [0.29, 0.717) is 11.1 Å². The molecule has 2 aromatic carbocycles. The summed E-state index contributed by atoms with van der Waals surface area (Å²) in [5.41, 5.74) is 1.01. The van der Waals surface area contributed by atoms with Gasteiger partial charge in [-0.2, -0.15) is 0 Å². The van der Waals surface area contributed by atoms with Gasteiger partial charge in [-0.05, 0) is 30.2 Å². The Balaban J connectivity index is 2.29. The zero-order chi connectivity index (χ0) is 15.5. The number of hydrogen-bond acceptors (Lipinski definition) is 3. The van der Waals surface area contributed by atoms with E-state index in [-0.39, 0.29) is 4.90 Å². The Hall–Kier alpha value is -1.76. The molecule has 2 aromatic rings. The third-order valence-corrected chi connectivity index (χ3v) is 4.60. The minimum absolute atomic E-state index is 0.167. The van der Waals surface area contributed by atoms with Crippen molar-refractivity contribution in [3.8, 4) is 0 Å². The van der Waals surface area contributed by atoms with Crippen LogP contribution in [0.4, 0.5) is 4.39 Å². The third-order valence-electron chi connectivity index (χ3n) is 3.14. The molecule has 0 spiro atoms. The van der Waals surface area contributed by atoms with E-state index in [1.165, 1.54) is 12.1 Å². The molecule has 0 bridgehead atoms. The fourth-order valence-corrected chi connectivity index (χ4v) is 3.12. The average molecular weight is 309 g/mol. The largest absolute Gasteiger partial charge is 0.394 e. The Kier molecular flexibility index (Phi) is 4.72. The highest BCUT2D eigenvalue weighted by Gasteiger charge is 2.21. The number of hydrogen-bond donors (Lipinski definition) is 2. The second-order valence-electron chi connectivity index (χ2n) is 4.68. The smallest absolute Gasteiger partial charge is 0.241 e. The van der Waals surface area contributed by atoms with Gasteiger partial charge in [0.1, 0.15) is 5.82 Å². The summed E-state index contributed by atoms with van der Waals surface area (Å²) in [6.45, 7) is 1.16.